The number of piperazine rings is 1. The van der Waals surface area contributed by atoms with Crippen LogP contribution in [0.1, 0.15) is 12.8 Å². The lowest BCUT2D eigenvalue weighted by molar-refractivity contribution is 0.225. The van der Waals surface area contributed by atoms with Gasteiger partial charge in [0.2, 0.25) is 0 Å². The van der Waals surface area contributed by atoms with Crippen molar-refractivity contribution in [2.75, 3.05) is 39.3 Å². The van der Waals surface area contributed by atoms with E-state index in [0.29, 0.717) is 6.61 Å². The first-order chi connectivity index (χ1) is 6.79. The van der Waals surface area contributed by atoms with Crippen LogP contribution in [-0.2, 0) is 15.5 Å². The zero-order valence-electron chi connectivity index (χ0n) is 8.24. The molecule has 1 unspecified atom stereocenters. The van der Waals surface area contributed by atoms with E-state index in [2.05, 4.69) is 14.4 Å². The van der Waals surface area contributed by atoms with E-state index in [1.165, 1.54) is 0 Å². The van der Waals surface area contributed by atoms with Gasteiger partial charge in [-0.05, 0) is 19.4 Å². The molecule has 0 aromatic rings. The van der Waals surface area contributed by atoms with Crippen LogP contribution in [0.4, 0.5) is 0 Å². The smallest absolute Gasteiger partial charge is 0.0842 e. The lowest BCUT2D eigenvalue weighted by Gasteiger charge is -2.26. The van der Waals surface area contributed by atoms with Crippen molar-refractivity contribution in [3.63, 3.8) is 0 Å². The minimum absolute atomic E-state index is 0.308. The van der Waals surface area contributed by atoms with Crippen molar-refractivity contribution in [3.8, 4) is 0 Å². The van der Waals surface area contributed by atoms with Gasteiger partial charge in [0.05, 0.1) is 18.0 Å². The molecule has 84 valence electrons. The van der Waals surface area contributed by atoms with Gasteiger partial charge in [-0.25, -0.2) is 4.21 Å². The van der Waals surface area contributed by atoms with Gasteiger partial charge in [-0.2, -0.15) is 0 Å². The molecule has 1 saturated heterocycles. The first-order valence-corrected chi connectivity index (χ1v) is 5.94. The van der Waals surface area contributed by atoms with E-state index >= 15 is 0 Å². The lowest BCUT2D eigenvalue weighted by atomic mass is 10.3. The summed E-state index contributed by atoms with van der Waals surface area (Å²) in [6, 6.07) is 0. The number of rotatable bonds is 6. The van der Waals surface area contributed by atoms with Crippen LogP contribution in [0, 0.1) is 0 Å². The molecule has 1 aliphatic rings. The minimum Gasteiger partial charge on any atom is -0.750 e. The van der Waals surface area contributed by atoms with Crippen LogP contribution in [0.2, 0.25) is 0 Å². The molecular formula is C8H17N2O3S-. The summed E-state index contributed by atoms with van der Waals surface area (Å²) < 4.78 is 24.5. The summed E-state index contributed by atoms with van der Waals surface area (Å²) in [5.74, 6) is 0. The number of hydrogen-bond acceptors (Lipinski definition) is 5. The van der Waals surface area contributed by atoms with Crippen molar-refractivity contribution >= 4 is 11.4 Å². The Bertz CT molecular complexity index is 174. The molecule has 1 atom stereocenters. The van der Waals surface area contributed by atoms with Gasteiger partial charge < -0.3 is 19.0 Å². The molecule has 0 aromatic heterocycles. The minimum atomic E-state index is -2.35. The van der Waals surface area contributed by atoms with Gasteiger partial charge in [-0.3, -0.25) is 0 Å². The largest absolute Gasteiger partial charge is 0.750 e. The molecule has 0 bridgehead atoms. The average Bonchev–Trinajstić information content (AvgIpc) is 2.18. The van der Waals surface area contributed by atoms with Crippen molar-refractivity contribution in [2.45, 2.75) is 12.8 Å². The number of unbranched alkanes of at least 4 members (excludes halogenated alkanes) is 1. The van der Waals surface area contributed by atoms with Gasteiger partial charge in [-0.1, -0.05) is 0 Å². The zero-order chi connectivity index (χ0) is 10.2. The third-order valence-corrected chi connectivity index (χ3v) is 2.62. The lowest BCUT2D eigenvalue weighted by Crippen LogP contribution is -2.43. The predicted molar refractivity (Wildman–Crippen MR) is 53.4 cm³/mol. The monoisotopic (exact) mass is 221 g/mol. The summed E-state index contributed by atoms with van der Waals surface area (Å²) in [5.41, 5.74) is 0. The summed E-state index contributed by atoms with van der Waals surface area (Å²) in [4.78, 5) is 2.38. The summed E-state index contributed by atoms with van der Waals surface area (Å²) in [5, 5.41) is 3.28. The maximum atomic E-state index is 10.0. The Kier molecular flexibility index (Phi) is 6.29. The van der Waals surface area contributed by atoms with Crippen molar-refractivity contribution in [1.82, 2.24) is 10.2 Å². The Morgan fingerprint density at radius 1 is 1.36 bits per heavy atom. The molecule has 6 heteroatoms. The van der Waals surface area contributed by atoms with Crippen LogP contribution in [0.5, 0.6) is 0 Å². The quantitative estimate of drug-likeness (QED) is 0.483. The van der Waals surface area contributed by atoms with Crippen molar-refractivity contribution < 1.29 is 12.9 Å². The molecule has 0 spiro atoms. The molecule has 5 nitrogen and oxygen atoms in total. The Morgan fingerprint density at radius 3 is 2.71 bits per heavy atom. The second kappa shape index (κ2) is 7.30. The van der Waals surface area contributed by atoms with E-state index in [0.717, 1.165) is 45.6 Å². The molecule has 1 N–H and O–H groups in total. The first-order valence-electron chi connectivity index (χ1n) is 4.94. The molecular weight excluding hydrogens is 204 g/mol. The SMILES string of the molecule is O=S([O-])OCCCCN1CCNCC1. The Morgan fingerprint density at radius 2 is 2.07 bits per heavy atom. The average molecular weight is 221 g/mol. The van der Waals surface area contributed by atoms with Crippen molar-refractivity contribution in [2.24, 2.45) is 0 Å². The van der Waals surface area contributed by atoms with Gasteiger partial charge in [0.25, 0.3) is 0 Å². The Balaban J connectivity index is 1.90. The van der Waals surface area contributed by atoms with E-state index in [-0.39, 0.29) is 0 Å². The zero-order valence-corrected chi connectivity index (χ0v) is 9.05. The second-order valence-corrected chi connectivity index (χ2v) is 3.97. The highest BCUT2D eigenvalue weighted by molar-refractivity contribution is 7.74. The van der Waals surface area contributed by atoms with Gasteiger partial charge in [0.1, 0.15) is 0 Å². The van der Waals surface area contributed by atoms with Gasteiger partial charge in [0, 0.05) is 26.2 Å². The van der Waals surface area contributed by atoms with Crippen molar-refractivity contribution in [3.05, 3.63) is 0 Å². The maximum Gasteiger partial charge on any atom is 0.0842 e. The van der Waals surface area contributed by atoms with E-state index in [1.807, 2.05) is 0 Å². The summed E-state index contributed by atoms with van der Waals surface area (Å²) in [6.07, 6.45) is 1.80. The van der Waals surface area contributed by atoms with Crippen molar-refractivity contribution in [1.29, 1.82) is 0 Å². The van der Waals surface area contributed by atoms with Crippen LogP contribution in [-0.4, -0.2) is 53.0 Å². The summed E-state index contributed by atoms with van der Waals surface area (Å²) >= 11 is -2.35. The van der Waals surface area contributed by atoms with Gasteiger partial charge in [0.15, 0.2) is 0 Å². The Hall–Kier alpha value is -0.0100. The fourth-order valence-electron chi connectivity index (χ4n) is 1.50. The van der Waals surface area contributed by atoms with E-state index < -0.39 is 11.4 Å². The molecule has 0 saturated carbocycles. The summed E-state index contributed by atoms with van der Waals surface area (Å²) in [6.45, 7) is 5.64. The molecule has 0 amide bonds. The van der Waals surface area contributed by atoms with E-state index in [1.54, 1.807) is 0 Å². The van der Waals surface area contributed by atoms with E-state index in [4.69, 9.17) is 0 Å². The second-order valence-electron chi connectivity index (χ2n) is 3.32. The first kappa shape index (κ1) is 12.1. The third kappa shape index (κ3) is 5.66. The molecule has 0 aromatic carbocycles. The highest BCUT2D eigenvalue weighted by Gasteiger charge is 2.07. The molecule has 1 fully saturated rings. The summed E-state index contributed by atoms with van der Waals surface area (Å²) in [7, 11) is 0. The van der Waals surface area contributed by atoms with Crippen LogP contribution < -0.4 is 5.32 Å². The van der Waals surface area contributed by atoms with Crippen LogP contribution >= 0.6 is 0 Å². The topological polar surface area (TPSA) is 64.6 Å². The predicted octanol–water partition coefficient (Wildman–Crippen LogP) is -0.517. The molecule has 0 aliphatic carbocycles. The van der Waals surface area contributed by atoms with Gasteiger partial charge in [-0.15, -0.1) is 0 Å². The Labute approximate surface area is 87.3 Å². The number of nitrogens with one attached hydrogen (secondary N) is 1. The maximum absolute atomic E-state index is 10.0. The highest BCUT2D eigenvalue weighted by Crippen LogP contribution is 1.98. The normalized spacial score (nSPS) is 20.9. The fraction of sp³-hybridized carbons (Fsp3) is 1.00. The molecule has 0 radical (unpaired) electrons. The van der Waals surface area contributed by atoms with Crippen LogP contribution in [0.3, 0.4) is 0 Å². The van der Waals surface area contributed by atoms with Gasteiger partial charge >= 0.3 is 0 Å². The highest BCUT2D eigenvalue weighted by atomic mass is 32.2. The standard InChI is InChI=1S/C8H18N2O3S/c11-14(12)13-8-2-1-5-10-6-3-9-4-7-10/h9H,1-8H2,(H,11,12)/p-1. The number of hydrogen-bond donors (Lipinski definition) is 1. The van der Waals surface area contributed by atoms with E-state index in [9.17, 15) is 8.76 Å². The van der Waals surface area contributed by atoms with Crippen LogP contribution in [0.25, 0.3) is 0 Å². The fourth-order valence-corrected chi connectivity index (χ4v) is 1.75. The number of nitrogens with zero attached hydrogens (tertiary/aromatic N) is 1. The molecule has 1 rings (SSSR count). The van der Waals surface area contributed by atoms with Crippen LogP contribution in [0.15, 0.2) is 0 Å². The molecule has 14 heavy (non-hydrogen) atoms. The molecule has 1 heterocycles. The molecule has 1 aliphatic heterocycles. The third-order valence-electron chi connectivity index (χ3n) is 2.26.